The Hall–Kier alpha value is -4.31. The van der Waals surface area contributed by atoms with Crippen molar-refractivity contribution in [3.8, 4) is 5.75 Å². The number of nitrogens with zero attached hydrogens (tertiary/aromatic N) is 1. The quantitative estimate of drug-likeness (QED) is 0.0814. The lowest BCUT2D eigenvalue weighted by atomic mass is 10.1. The van der Waals surface area contributed by atoms with Gasteiger partial charge >= 0.3 is 5.97 Å². The van der Waals surface area contributed by atoms with Crippen molar-refractivity contribution < 1.29 is 19.1 Å². The van der Waals surface area contributed by atoms with Crippen LogP contribution in [0.4, 0.5) is 5.69 Å². The molecule has 0 aliphatic carbocycles. The Kier molecular flexibility index (Phi) is 8.58. The molecule has 41 heavy (non-hydrogen) atoms. The number of anilines is 1. The molecule has 0 spiro atoms. The lowest BCUT2D eigenvalue weighted by Crippen LogP contribution is -2.18. The molecule has 1 heterocycles. The van der Waals surface area contributed by atoms with Gasteiger partial charge in [0.15, 0.2) is 0 Å². The van der Waals surface area contributed by atoms with Crippen molar-refractivity contribution in [3.63, 3.8) is 0 Å². The van der Waals surface area contributed by atoms with Gasteiger partial charge in [-0.05, 0) is 67.6 Å². The number of thiophene rings is 1. The number of hydrogen-bond donors (Lipinski definition) is 2. The number of halogens is 2. The maximum atomic E-state index is 12.8. The summed E-state index contributed by atoms with van der Waals surface area (Å²) in [5.74, 6) is -1.00. The van der Waals surface area contributed by atoms with Crippen LogP contribution in [0.5, 0.6) is 5.75 Å². The highest BCUT2D eigenvalue weighted by Crippen LogP contribution is 2.35. The number of amides is 2. The van der Waals surface area contributed by atoms with Crippen molar-refractivity contribution in [1.82, 2.24) is 5.43 Å². The zero-order valence-corrected chi connectivity index (χ0v) is 24.6. The minimum atomic E-state index is -0.503. The van der Waals surface area contributed by atoms with E-state index in [9.17, 15) is 14.4 Å². The second kappa shape index (κ2) is 12.5. The number of fused-ring (bicyclic) bond motifs is 1. The maximum Gasteiger partial charge on any atom is 0.343 e. The van der Waals surface area contributed by atoms with Gasteiger partial charge in [-0.15, -0.1) is 11.3 Å². The number of carbonyl (C=O) groups is 3. The van der Waals surface area contributed by atoms with Crippen LogP contribution >= 0.6 is 38.9 Å². The van der Waals surface area contributed by atoms with Crippen molar-refractivity contribution in [3.05, 3.63) is 128 Å². The number of ether oxygens (including phenoxy) is 1. The van der Waals surface area contributed by atoms with Gasteiger partial charge in [-0.3, -0.25) is 9.59 Å². The van der Waals surface area contributed by atoms with Gasteiger partial charge < -0.3 is 10.1 Å². The molecular weight excluding hydrogens is 626 g/mol. The average Bonchev–Trinajstić information content (AvgIpc) is 3.31. The molecule has 0 saturated heterocycles. The predicted octanol–water partition coefficient (Wildman–Crippen LogP) is 7.86. The molecule has 7 nitrogen and oxygen atoms in total. The lowest BCUT2D eigenvalue weighted by molar-refractivity contribution is 0.0733. The second-order valence-corrected chi connectivity index (χ2v) is 11.3. The van der Waals surface area contributed by atoms with Crippen LogP contribution in [0, 0.1) is 6.92 Å². The molecule has 10 heteroatoms. The topological polar surface area (TPSA) is 96.9 Å². The van der Waals surface area contributed by atoms with E-state index in [0.29, 0.717) is 32.3 Å². The molecule has 0 atom stereocenters. The molecular formula is C31H21BrClN3O4S. The van der Waals surface area contributed by atoms with Crippen LogP contribution < -0.4 is 15.5 Å². The van der Waals surface area contributed by atoms with Crippen molar-refractivity contribution in [2.45, 2.75) is 6.92 Å². The summed E-state index contributed by atoms with van der Waals surface area (Å²) < 4.78 is 7.25. The Balaban J connectivity index is 1.22. The van der Waals surface area contributed by atoms with Gasteiger partial charge in [-0.2, -0.15) is 5.10 Å². The number of aryl methyl sites for hydroxylation is 1. The average molecular weight is 647 g/mol. The first kappa shape index (κ1) is 28.2. The van der Waals surface area contributed by atoms with Gasteiger partial charge in [0, 0.05) is 31.4 Å². The fraction of sp³-hybridized carbons (Fsp3) is 0.0323. The standard InChI is InChI=1S/C31H21BrClN3O4S/c1-18-5-4-6-20(15-18)31(39)40-25-14-11-22(32)16-21(25)17-34-36-29(37)19-9-12-23(13-10-19)35-30(38)28-27(33)24-7-2-3-8-26(24)41-28/h2-17H,1H3,(H,35,38)(H,36,37)/b34-17-. The first-order valence-electron chi connectivity index (χ1n) is 12.3. The zero-order valence-electron chi connectivity index (χ0n) is 21.5. The summed E-state index contributed by atoms with van der Waals surface area (Å²) >= 11 is 11.1. The Morgan fingerprint density at radius 1 is 0.902 bits per heavy atom. The Labute approximate surface area is 252 Å². The highest BCUT2D eigenvalue weighted by molar-refractivity contribution is 9.10. The zero-order chi connectivity index (χ0) is 28.9. The third kappa shape index (κ3) is 6.71. The lowest BCUT2D eigenvalue weighted by Gasteiger charge is -2.09. The number of carbonyl (C=O) groups excluding carboxylic acids is 3. The molecule has 0 fully saturated rings. The molecule has 0 aliphatic heterocycles. The van der Waals surface area contributed by atoms with E-state index >= 15 is 0 Å². The molecule has 0 radical (unpaired) electrons. The summed E-state index contributed by atoms with van der Waals surface area (Å²) in [7, 11) is 0. The number of esters is 1. The molecule has 0 unspecified atom stereocenters. The number of nitrogens with one attached hydrogen (secondary N) is 2. The van der Waals surface area contributed by atoms with Crippen LogP contribution in [0.15, 0.2) is 101 Å². The molecule has 2 amide bonds. The van der Waals surface area contributed by atoms with E-state index in [1.807, 2.05) is 37.3 Å². The summed E-state index contributed by atoms with van der Waals surface area (Å²) in [6.07, 6.45) is 1.39. The SMILES string of the molecule is Cc1cccc(C(=O)Oc2ccc(Br)cc2/C=N\NC(=O)c2ccc(NC(=O)c3sc4ccccc4c3Cl)cc2)c1. The van der Waals surface area contributed by atoms with E-state index in [0.717, 1.165) is 20.1 Å². The van der Waals surface area contributed by atoms with Gasteiger partial charge in [0.1, 0.15) is 10.6 Å². The summed E-state index contributed by atoms with van der Waals surface area (Å²) in [6.45, 7) is 1.89. The molecule has 1 aromatic heterocycles. The van der Waals surface area contributed by atoms with Crippen molar-refractivity contribution in [1.29, 1.82) is 0 Å². The normalized spacial score (nSPS) is 11.0. The summed E-state index contributed by atoms with van der Waals surface area (Å²) in [6, 6.07) is 26.1. The van der Waals surface area contributed by atoms with E-state index in [1.54, 1.807) is 60.7 Å². The first-order valence-corrected chi connectivity index (χ1v) is 14.3. The third-order valence-corrected chi connectivity index (χ3v) is 8.11. The monoisotopic (exact) mass is 645 g/mol. The minimum Gasteiger partial charge on any atom is -0.422 e. The van der Waals surface area contributed by atoms with E-state index in [4.69, 9.17) is 16.3 Å². The highest BCUT2D eigenvalue weighted by Gasteiger charge is 2.17. The van der Waals surface area contributed by atoms with Gasteiger partial charge in [-0.1, -0.05) is 63.4 Å². The number of rotatable bonds is 7. The van der Waals surface area contributed by atoms with Crippen LogP contribution in [0.2, 0.25) is 5.02 Å². The molecule has 2 N–H and O–H groups in total. The van der Waals surface area contributed by atoms with Crippen LogP contribution in [-0.2, 0) is 0 Å². The molecule has 204 valence electrons. The van der Waals surface area contributed by atoms with Crippen LogP contribution in [0.1, 0.15) is 41.5 Å². The number of hydrazone groups is 1. The van der Waals surface area contributed by atoms with Crippen LogP contribution in [0.3, 0.4) is 0 Å². The summed E-state index contributed by atoms with van der Waals surface area (Å²) in [5, 5.41) is 8.09. The van der Waals surface area contributed by atoms with E-state index in [1.165, 1.54) is 17.6 Å². The highest BCUT2D eigenvalue weighted by atomic mass is 79.9. The maximum absolute atomic E-state index is 12.8. The molecule has 5 rings (SSSR count). The Bertz CT molecular complexity index is 1820. The molecule has 5 aromatic rings. The fourth-order valence-corrected chi connectivity index (χ4v) is 5.71. The van der Waals surface area contributed by atoms with E-state index in [2.05, 4.69) is 31.8 Å². The first-order chi connectivity index (χ1) is 19.8. The molecule has 0 aliphatic rings. The van der Waals surface area contributed by atoms with Gasteiger partial charge in [0.05, 0.1) is 16.8 Å². The van der Waals surface area contributed by atoms with Crippen molar-refractivity contribution >= 4 is 78.6 Å². The van der Waals surface area contributed by atoms with Gasteiger partial charge in [0.2, 0.25) is 0 Å². The second-order valence-electron chi connectivity index (χ2n) is 8.91. The predicted molar refractivity (Wildman–Crippen MR) is 167 cm³/mol. The smallest absolute Gasteiger partial charge is 0.343 e. The largest absolute Gasteiger partial charge is 0.422 e. The van der Waals surface area contributed by atoms with Gasteiger partial charge in [-0.25, -0.2) is 10.2 Å². The van der Waals surface area contributed by atoms with E-state index in [-0.39, 0.29) is 11.7 Å². The van der Waals surface area contributed by atoms with Crippen molar-refractivity contribution in [2.75, 3.05) is 5.32 Å². The molecule has 0 bridgehead atoms. The van der Waals surface area contributed by atoms with Crippen molar-refractivity contribution in [2.24, 2.45) is 5.10 Å². The summed E-state index contributed by atoms with van der Waals surface area (Å²) in [4.78, 5) is 38.5. The number of benzene rings is 4. The van der Waals surface area contributed by atoms with Crippen LogP contribution in [-0.4, -0.2) is 24.0 Å². The van der Waals surface area contributed by atoms with Gasteiger partial charge in [0.25, 0.3) is 11.8 Å². The molecule has 0 saturated carbocycles. The number of hydrogen-bond acceptors (Lipinski definition) is 6. The van der Waals surface area contributed by atoms with E-state index < -0.39 is 11.9 Å². The fourth-order valence-electron chi connectivity index (χ4n) is 3.92. The van der Waals surface area contributed by atoms with Crippen LogP contribution in [0.25, 0.3) is 10.1 Å². The Morgan fingerprint density at radius 3 is 2.44 bits per heavy atom. The summed E-state index contributed by atoms with van der Waals surface area (Å²) in [5.41, 5.74) is 5.16. The molecule has 4 aromatic carbocycles. The third-order valence-electron chi connectivity index (χ3n) is 5.94. The minimum absolute atomic E-state index is 0.288. The Morgan fingerprint density at radius 2 is 1.68 bits per heavy atom.